The van der Waals surface area contributed by atoms with Crippen molar-refractivity contribution in [3.8, 4) is 0 Å². The van der Waals surface area contributed by atoms with Crippen LogP contribution in [-0.4, -0.2) is 20.8 Å². The molecule has 0 unspecified atom stereocenters. The lowest BCUT2D eigenvalue weighted by atomic mass is 10.1. The number of aromatic nitrogens is 2. The van der Waals surface area contributed by atoms with Crippen LogP contribution in [0, 0.1) is 0 Å². The zero-order chi connectivity index (χ0) is 22.7. The summed E-state index contributed by atoms with van der Waals surface area (Å²) in [7, 11) is 0. The predicted octanol–water partition coefficient (Wildman–Crippen LogP) is 3.31. The Kier molecular flexibility index (Phi) is 6.13. The first-order chi connectivity index (χ1) is 15.4. The first-order valence-electron chi connectivity index (χ1n) is 10.1. The van der Waals surface area contributed by atoms with E-state index in [0.29, 0.717) is 28.6 Å². The van der Waals surface area contributed by atoms with E-state index in [2.05, 4.69) is 5.32 Å². The molecule has 2 heterocycles. The molecule has 2 aromatic carbocycles. The average molecular weight is 448 g/mol. The van der Waals surface area contributed by atoms with E-state index in [4.69, 9.17) is 0 Å². The number of carbonyl (C=O) groups is 2. The fourth-order valence-electron chi connectivity index (χ4n) is 3.53. The lowest BCUT2D eigenvalue weighted by Crippen LogP contribution is -2.42. The number of thiophene rings is 1. The molecule has 0 atom stereocenters. The average Bonchev–Trinajstić information content (AvgIpc) is 3.30. The number of hydrogen-bond acceptors (Lipinski definition) is 5. The van der Waals surface area contributed by atoms with E-state index in [0.717, 1.165) is 4.88 Å². The number of fused-ring (bicyclic) bond motifs is 1. The van der Waals surface area contributed by atoms with Gasteiger partial charge in [-0.1, -0.05) is 18.2 Å². The monoisotopic (exact) mass is 447 g/mol. The van der Waals surface area contributed by atoms with Crippen LogP contribution in [0.25, 0.3) is 10.9 Å². The van der Waals surface area contributed by atoms with E-state index < -0.39 is 11.6 Å². The van der Waals surface area contributed by atoms with Gasteiger partial charge in [0, 0.05) is 22.7 Å². The summed E-state index contributed by atoms with van der Waals surface area (Å²) in [5, 5.41) is 5.08. The summed E-state index contributed by atoms with van der Waals surface area (Å²) in [6, 6.07) is 17.2. The largest absolute Gasteiger partial charge is 0.331 e. The molecular weight excluding hydrogens is 426 g/mol. The minimum absolute atomic E-state index is 0.0642. The van der Waals surface area contributed by atoms with Gasteiger partial charge in [0.25, 0.3) is 5.56 Å². The van der Waals surface area contributed by atoms with Crippen molar-refractivity contribution in [3.63, 3.8) is 0 Å². The Morgan fingerprint density at radius 1 is 0.938 bits per heavy atom. The summed E-state index contributed by atoms with van der Waals surface area (Å²) in [4.78, 5) is 51.3. The zero-order valence-electron chi connectivity index (χ0n) is 17.4. The van der Waals surface area contributed by atoms with Crippen LogP contribution in [0.4, 0.5) is 5.69 Å². The number of ketones is 1. The van der Waals surface area contributed by atoms with Crippen molar-refractivity contribution in [2.24, 2.45) is 0 Å². The lowest BCUT2D eigenvalue weighted by Gasteiger charge is -2.14. The first kappa shape index (κ1) is 21.5. The van der Waals surface area contributed by atoms with E-state index in [1.807, 2.05) is 17.5 Å². The van der Waals surface area contributed by atoms with Crippen LogP contribution in [0.5, 0.6) is 0 Å². The molecule has 7 nitrogen and oxygen atoms in total. The van der Waals surface area contributed by atoms with Gasteiger partial charge in [0.05, 0.1) is 10.9 Å². The van der Waals surface area contributed by atoms with Crippen molar-refractivity contribution in [1.82, 2.24) is 9.13 Å². The molecule has 0 spiro atoms. The molecule has 0 fully saturated rings. The third-order valence-corrected chi connectivity index (χ3v) is 6.11. The molecule has 0 aliphatic rings. The SMILES string of the molecule is CC(=O)c1ccc(NC(=O)Cn2c(=O)n(CCc3cccs3)c(=O)c3ccccc32)cc1. The van der Waals surface area contributed by atoms with Crippen LogP contribution in [0.1, 0.15) is 22.2 Å². The summed E-state index contributed by atoms with van der Waals surface area (Å²) in [6.07, 6.45) is 0.555. The highest BCUT2D eigenvalue weighted by Crippen LogP contribution is 2.13. The number of aryl methyl sites for hydroxylation is 1. The molecule has 0 saturated heterocycles. The molecule has 2 aromatic heterocycles. The van der Waals surface area contributed by atoms with Gasteiger partial charge in [0.2, 0.25) is 5.91 Å². The van der Waals surface area contributed by atoms with E-state index in [1.165, 1.54) is 16.1 Å². The number of hydrogen-bond donors (Lipinski definition) is 1. The van der Waals surface area contributed by atoms with Gasteiger partial charge >= 0.3 is 5.69 Å². The van der Waals surface area contributed by atoms with Crippen LogP contribution in [0.2, 0.25) is 0 Å². The van der Waals surface area contributed by atoms with E-state index >= 15 is 0 Å². The molecule has 0 aliphatic heterocycles. The van der Waals surface area contributed by atoms with Crippen molar-refractivity contribution >= 4 is 39.6 Å². The number of Topliss-reactive ketones (excluding diaryl/α,β-unsaturated/α-hetero) is 1. The molecule has 0 radical (unpaired) electrons. The smallest absolute Gasteiger partial charge is 0.325 e. The summed E-state index contributed by atoms with van der Waals surface area (Å²) in [6.45, 7) is 1.46. The maximum absolute atomic E-state index is 13.2. The normalized spacial score (nSPS) is 10.9. The fraction of sp³-hybridized carbons (Fsp3) is 0.167. The van der Waals surface area contributed by atoms with Crippen LogP contribution in [0.3, 0.4) is 0 Å². The summed E-state index contributed by atoms with van der Waals surface area (Å²) >= 11 is 1.57. The number of benzene rings is 2. The number of nitrogens with one attached hydrogen (secondary N) is 1. The topological polar surface area (TPSA) is 90.2 Å². The highest BCUT2D eigenvalue weighted by Gasteiger charge is 2.15. The molecule has 0 aliphatic carbocycles. The van der Waals surface area contributed by atoms with Crippen molar-refractivity contribution in [2.75, 3.05) is 5.32 Å². The second kappa shape index (κ2) is 9.15. The third kappa shape index (κ3) is 4.45. The van der Waals surface area contributed by atoms with Crippen LogP contribution < -0.4 is 16.6 Å². The number of carbonyl (C=O) groups excluding carboxylic acids is 2. The summed E-state index contributed by atoms with van der Waals surface area (Å²) in [5.41, 5.74) is 0.592. The van der Waals surface area contributed by atoms with E-state index in [1.54, 1.807) is 59.9 Å². The molecule has 1 N–H and O–H groups in total. The summed E-state index contributed by atoms with van der Waals surface area (Å²) < 4.78 is 2.52. The lowest BCUT2D eigenvalue weighted by molar-refractivity contribution is -0.116. The number of para-hydroxylation sites is 1. The molecule has 4 rings (SSSR count). The number of anilines is 1. The highest BCUT2D eigenvalue weighted by atomic mass is 32.1. The Morgan fingerprint density at radius 2 is 1.69 bits per heavy atom. The van der Waals surface area contributed by atoms with Gasteiger partial charge in [-0.05, 0) is 61.2 Å². The summed E-state index contributed by atoms with van der Waals surface area (Å²) in [5.74, 6) is -0.470. The number of nitrogens with zero attached hydrogens (tertiary/aromatic N) is 2. The Morgan fingerprint density at radius 3 is 2.38 bits per heavy atom. The van der Waals surface area contributed by atoms with Gasteiger partial charge < -0.3 is 5.32 Å². The van der Waals surface area contributed by atoms with E-state index in [-0.39, 0.29) is 24.4 Å². The molecule has 162 valence electrons. The van der Waals surface area contributed by atoms with Crippen LogP contribution in [-0.2, 0) is 24.3 Å². The Hall–Kier alpha value is -3.78. The van der Waals surface area contributed by atoms with Crippen molar-refractivity contribution in [2.45, 2.75) is 26.4 Å². The first-order valence-corrected chi connectivity index (χ1v) is 11.0. The molecule has 1 amide bonds. The molecule has 8 heteroatoms. The van der Waals surface area contributed by atoms with Gasteiger partial charge in [-0.2, -0.15) is 0 Å². The maximum atomic E-state index is 13.2. The second-order valence-electron chi connectivity index (χ2n) is 7.35. The quantitative estimate of drug-likeness (QED) is 0.440. The number of rotatable bonds is 7. The van der Waals surface area contributed by atoms with Gasteiger partial charge in [0.15, 0.2) is 5.78 Å². The zero-order valence-corrected chi connectivity index (χ0v) is 18.2. The number of amides is 1. The fourth-order valence-corrected chi connectivity index (χ4v) is 4.23. The van der Waals surface area contributed by atoms with Crippen LogP contribution >= 0.6 is 11.3 Å². The second-order valence-corrected chi connectivity index (χ2v) is 8.39. The molecule has 0 saturated carbocycles. The standard InChI is InChI=1S/C24H21N3O4S/c1-16(28)17-8-10-18(11-9-17)25-22(29)15-27-21-7-3-2-6-20(21)23(30)26(24(27)31)13-12-19-5-4-14-32-19/h2-11,14H,12-13,15H2,1H3,(H,25,29). The van der Waals surface area contributed by atoms with Crippen LogP contribution in [0.15, 0.2) is 75.6 Å². The van der Waals surface area contributed by atoms with Gasteiger partial charge in [-0.15, -0.1) is 11.3 Å². The maximum Gasteiger partial charge on any atom is 0.331 e. The molecule has 0 bridgehead atoms. The molecular formula is C24H21N3O4S. The minimum Gasteiger partial charge on any atom is -0.325 e. The van der Waals surface area contributed by atoms with Gasteiger partial charge in [0.1, 0.15) is 6.54 Å². The molecule has 4 aromatic rings. The Bertz CT molecular complexity index is 1400. The Labute approximate surface area is 187 Å². The van der Waals surface area contributed by atoms with Crippen molar-refractivity contribution < 1.29 is 9.59 Å². The van der Waals surface area contributed by atoms with Gasteiger partial charge in [-0.3, -0.25) is 23.5 Å². The third-order valence-electron chi connectivity index (χ3n) is 5.17. The van der Waals surface area contributed by atoms with E-state index in [9.17, 15) is 19.2 Å². The van der Waals surface area contributed by atoms with Gasteiger partial charge in [-0.25, -0.2) is 4.79 Å². The van der Waals surface area contributed by atoms with Crippen molar-refractivity contribution in [3.05, 3.63) is 97.3 Å². The Balaban J connectivity index is 1.64. The highest BCUT2D eigenvalue weighted by molar-refractivity contribution is 7.09. The minimum atomic E-state index is -0.521. The van der Waals surface area contributed by atoms with Crippen molar-refractivity contribution in [1.29, 1.82) is 0 Å². The predicted molar refractivity (Wildman–Crippen MR) is 126 cm³/mol. The molecule has 32 heavy (non-hydrogen) atoms.